The van der Waals surface area contributed by atoms with Gasteiger partial charge in [0.1, 0.15) is 4.90 Å². The zero-order valence-corrected chi connectivity index (χ0v) is 12.9. The molecule has 1 aromatic carbocycles. The van der Waals surface area contributed by atoms with E-state index in [0.29, 0.717) is 12.8 Å². The van der Waals surface area contributed by atoms with Gasteiger partial charge in [0.05, 0.1) is 16.0 Å². The van der Waals surface area contributed by atoms with Gasteiger partial charge in [0.15, 0.2) is 0 Å². The van der Waals surface area contributed by atoms with Crippen molar-refractivity contribution >= 4 is 27.3 Å². The Bertz CT molecular complexity index is 649. The molecule has 0 aromatic heterocycles. The second-order valence-corrected chi connectivity index (χ2v) is 6.95. The highest BCUT2D eigenvalue weighted by Gasteiger charge is 2.30. The number of nitro groups is 1. The van der Waals surface area contributed by atoms with Crippen molar-refractivity contribution in [2.24, 2.45) is 0 Å². The third-order valence-electron chi connectivity index (χ3n) is 3.45. The molecule has 0 amide bonds. The highest BCUT2D eigenvalue weighted by atomic mass is 35.5. The van der Waals surface area contributed by atoms with Gasteiger partial charge in [0.25, 0.3) is 5.69 Å². The molecule has 116 valence electrons. The number of rotatable bonds is 5. The van der Waals surface area contributed by atoms with Crippen molar-refractivity contribution in [2.45, 2.75) is 36.3 Å². The molecule has 1 aromatic rings. The lowest BCUT2D eigenvalue weighted by Gasteiger charge is -2.14. The summed E-state index contributed by atoms with van der Waals surface area (Å²) < 4.78 is 32.4. The van der Waals surface area contributed by atoms with Crippen LogP contribution >= 0.6 is 11.6 Å². The summed E-state index contributed by atoms with van der Waals surface area (Å²) in [7, 11) is -2.32. The molecule has 9 heteroatoms. The molecule has 0 radical (unpaired) electrons. The summed E-state index contributed by atoms with van der Waals surface area (Å²) in [6.07, 6.45) is 2.03. The van der Waals surface area contributed by atoms with Crippen LogP contribution in [0.1, 0.15) is 19.3 Å². The summed E-state index contributed by atoms with van der Waals surface area (Å²) in [4.78, 5) is 9.81. The zero-order valence-electron chi connectivity index (χ0n) is 11.3. The lowest BCUT2D eigenvalue weighted by atomic mass is 10.3. The second-order valence-electron chi connectivity index (χ2n) is 4.86. The SMILES string of the molecule is COC1CCC(NS(=O)(=O)c2cc([N+](=O)[O-])ccc2Cl)C1. The minimum Gasteiger partial charge on any atom is -0.381 e. The van der Waals surface area contributed by atoms with E-state index in [9.17, 15) is 18.5 Å². The fourth-order valence-corrected chi connectivity index (χ4v) is 4.16. The zero-order chi connectivity index (χ0) is 15.6. The molecule has 1 fully saturated rings. The molecule has 0 bridgehead atoms. The van der Waals surface area contributed by atoms with Gasteiger partial charge in [-0.15, -0.1) is 0 Å². The number of halogens is 1. The van der Waals surface area contributed by atoms with Crippen molar-refractivity contribution in [2.75, 3.05) is 7.11 Å². The van der Waals surface area contributed by atoms with Gasteiger partial charge in [0.2, 0.25) is 10.0 Å². The first kappa shape index (κ1) is 16.2. The summed E-state index contributed by atoms with van der Waals surface area (Å²) in [6, 6.07) is 3.09. The molecule has 0 aliphatic heterocycles. The third-order valence-corrected chi connectivity index (χ3v) is 5.46. The Morgan fingerprint density at radius 1 is 1.43 bits per heavy atom. The number of benzene rings is 1. The molecule has 0 spiro atoms. The van der Waals surface area contributed by atoms with Crippen LogP contribution in [-0.2, 0) is 14.8 Å². The highest BCUT2D eigenvalue weighted by molar-refractivity contribution is 7.89. The predicted octanol–water partition coefficient (Wildman–Crippen LogP) is 2.09. The maximum absolute atomic E-state index is 12.3. The minimum absolute atomic E-state index is 0.0262. The molecule has 0 saturated heterocycles. The first-order valence-corrected chi connectivity index (χ1v) is 8.18. The number of methoxy groups -OCH3 is 1. The molecular formula is C12H15ClN2O5S. The average Bonchev–Trinajstić information content (AvgIpc) is 2.85. The Hall–Kier alpha value is -1.22. The van der Waals surface area contributed by atoms with E-state index in [1.165, 1.54) is 6.07 Å². The van der Waals surface area contributed by atoms with Crippen LogP contribution in [0.4, 0.5) is 5.69 Å². The highest BCUT2D eigenvalue weighted by Crippen LogP contribution is 2.28. The molecular weight excluding hydrogens is 320 g/mol. The van der Waals surface area contributed by atoms with E-state index in [-0.39, 0.29) is 27.8 Å². The molecule has 2 atom stereocenters. The maximum Gasteiger partial charge on any atom is 0.270 e. The van der Waals surface area contributed by atoms with Crippen molar-refractivity contribution < 1.29 is 18.1 Å². The monoisotopic (exact) mass is 334 g/mol. The lowest BCUT2D eigenvalue weighted by Crippen LogP contribution is -2.33. The summed E-state index contributed by atoms with van der Waals surface area (Å²) in [5, 5.41) is 10.7. The van der Waals surface area contributed by atoms with E-state index >= 15 is 0 Å². The molecule has 1 aliphatic rings. The van der Waals surface area contributed by atoms with Crippen molar-refractivity contribution in [3.63, 3.8) is 0 Å². The molecule has 2 unspecified atom stereocenters. The first-order chi connectivity index (χ1) is 9.83. The maximum atomic E-state index is 12.3. The molecule has 1 aliphatic carbocycles. The van der Waals surface area contributed by atoms with Crippen LogP contribution in [0.25, 0.3) is 0 Å². The molecule has 1 N–H and O–H groups in total. The molecule has 2 rings (SSSR count). The van der Waals surface area contributed by atoms with E-state index in [0.717, 1.165) is 18.6 Å². The average molecular weight is 335 g/mol. The third kappa shape index (κ3) is 3.70. The molecule has 1 saturated carbocycles. The number of sulfonamides is 1. The number of hydrogen-bond donors (Lipinski definition) is 1. The van der Waals surface area contributed by atoms with Crippen LogP contribution in [0, 0.1) is 10.1 Å². The summed E-state index contributed by atoms with van der Waals surface area (Å²) in [5.41, 5.74) is -0.319. The van der Waals surface area contributed by atoms with Crippen LogP contribution in [0.15, 0.2) is 23.1 Å². The van der Waals surface area contributed by atoms with Crippen molar-refractivity contribution in [1.82, 2.24) is 4.72 Å². The fraction of sp³-hybridized carbons (Fsp3) is 0.500. The normalized spacial score (nSPS) is 22.4. The number of non-ortho nitro benzene ring substituents is 1. The van der Waals surface area contributed by atoms with Gasteiger partial charge in [-0.1, -0.05) is 11.6 Å². The van der Waals surface area contributed by atoms with Crippen LogP contribution in [-0.4, -0.2) is 32.6 Å². The first-order valence-electron chi connectivity index (χ1n) is 6.32. The number of nitro benzene ring substituents is 1. The molecule has 0 heterocycles. The number of nitrogens with zero attached hydrogens (tertiary/aromatic N) is 1. The van der Waals surface area contributed by atoms with Crippen LogP contribution < -0.4 is 4.72 Å². The van der Waals surface area contributed by atoms with Crippen LogP contribution in [0.3, 0.4) is 0 Å². The lowest BCUT2D eigenvalue weighted by molar-refractivity contribution is -0.385. The van der Waals surface area contributed by atoms with Crippen LogP contribution in [0.5, 0.6) is 0 Å². The Balaban J connectivity index is 2.23. The van der Waals surface area contributed by atoms with E-state index in [4.69, 9.17) is 16.3 Å². The van der Waals surface area contributed by atoms with E-state index in [1.54, 1.807) is 7.11 Å². The van der Waals surface area contributed by atoms with Gasteiger partial charge in [-0.25, -0.2) is 13.1 Å². The smallest absolute Gasteiger partial charge is 0.270 e. The van der Waals surface area contributed by atoms with E-state index < -0.39 is 14.9 Å². The Kier molecular flexibility index (Phi) is 4.82. The second kappa shape index (κ2) is 6.27. The van der Waals surface area contributed by atoms with Gasteiger partial charge < -0.3 is 4.74 Å². The Morgan fingerprint density at radius 3 is 2.71 bits per heavy atom. The van der Waals surface area contributed by atoms with Crippen molar-refractivity contribution in [3.8, 4) is 0 Å². The summed E-state index contributed by atoms with van der Waals surface area (Å²) in [5.74, 6) is 0. The van der Waals surface area contributed by atoms with Gasteiger partial charge in [0, 0.05) is 25.3 Å². The number of nitrogens with one attached hydrogen (secondary N) is 1. The topological polar surface area (TPSA) is 98.5 Å². The van der Waals surface area contributed by atoms with E-state index in [1.807, 2.05) is 0 Å². The van der Waals surface area contributed by atoms with Crippen LogP contribution in [0.2, 0.25) is 5.02 Å². The Labute approximate surface area is 127 Å². The van der Waals surface area contributed by atoms with Crippen molar-refractivity contribution in [3.05, 3.63) is 33.3 Å². The standard InChI is InChI=1S/C12H15ClN2O5S/c1-20-10-4-2-8(6-10)14-21(18,19)12-7-9(15(16)17)3-5-11(12)13/h3,5,7-8,10,14H,2,4,6H2,1H3. The van der Waals surface area contributed by atoms with Crippen molar-refractivity contribution in [1.29, 1.82) is 0 Å². The summed E-state index contributed by atoms with van der Waals surface area (Å²) in [6.45, 7) is 0. The number of ether oxygens (including phenoxy) is 1. The molecule has 7 nitrogen and oxygen atoms in total. The number of hydrogen-bond acceptors (Lipinski definition) is 5. The van der Waals surface area contributed by atoms with Gasteiger partial charge in [-0.3, -0.25) is 10.1 Å². The fourth-order valence-electron chi connectivity index (χ4n) is 2.36. The molecule has 21 heavy (non-hydrogen) atoms. The van der Waals surface area contributed by atoms with Gasteiger partial charge in [-0.2, -0.15) is 0 Å². The quantitative estimate of drug-likeness (QED) is 0.656. The predicted molar refractivity (Wildman–Crippen MR) is 76.9 cm³/mol. The minimum atomic E-state index is -3.90. The van der Waals surface area contributed by atoms with E-state index in [2.05, 4.69) is 4.72 Å². The Morgan fingerprint density at radius 2 is 2.14 bits per heavy atom. The summed E-state index contributed by atoms with van der Waals surface area (Å²) >= 11 is 5.86. The van der Waals surface area contributed by atoms with Gasteiger partial charge in [-0.05, 0) is 25.3 Å². The van der Waals surface area contributed by atoms with Gasteiger partial charge >= 0.3 is 0 Å². The largest absolute Gasteiger partial charge is 0.381 e.